The maximum Gasteiger partial charge on any atom is 0.433 e. The van der Waals surface area contributed by atoms with Crippen molar-refractivity contribution < 1.29 is 18.0 Å². The average molecular weight is 305 g/mol. The van der Waals surface area contributed by atoms with Crippen molar-refractivity contribution in [1.29, 1.82) is 0 Å². The molecule has 1 aromatic heterocycles. The number of nitrogens with one attached hydrogen (secondary N) is 3. The Morgan fingerprint density at radius 2 is 1.86 bits per heavy atom. The third-order valence-electron chi connectivity index (χ3n) is 2.79. The van der Waals surface area contributed by atoms with Crippen molar-refractivity contribution in [2.75, 3.05) is 31.3 Å². The number of alkyl halides is 3. The van der Waals surface area contributed by atoms with E-state index in [2.05, 4.69) is 25.9 Å². The van der Waals surface area contributed by atoms with Crippen LogP contribution in [0.3, 0.4) is 0 Å². The van der Waals surface area contributed by atoms with Gasteiger partial charge in [0.05, 0.1) is 5.41 Å². The lowest BCUT2D eigenvalue weighted by atomic mass is 9.92. The number of rotatable bonds is 5. The Kier molecular flexibility index (Phi) is 4.97. The Labute approximate surface area is 120 Å². The Hall–Kier alpha value is -2.06. The van der Waals surface area contributed by atoms with Gasteiger partial charge < -0.3 is 16.0 Å². The summed E-state index contributed by atoms with van der Waals surface area (Å²) in [6, 6.07) is 0.806. The molecule has 0 bridgehead atoms. The molecule has 6 nitrogen and oxygen atoms in total. The molecule has 0 aromatic carbocycles. The highest BCUT2D eigenvalue weighted by Gasteiger charge is 2.34. The molecule has 0 spiro atoms. The predicted molar refractivity (Wildman–Crippen MR) is 72.9 cm³/mol. The summed E-state index contributed by atoms with van der Waals surface area (Å²) in [5.74, 6) is -0.377. The normalized spacial score (nSPS) is 12.0. The van der Waals surface area contributed by atoms with E-state index >= 15 is 0 Å². The van der Waals surface area contributed by atoms with Gasteiger partial charge in [0.15, 0.2) is 5.69 Å². The number of aromatic nitrogens is 2. The third kappa shape index (κ3) is 4.47. The molecule has 118 valence electrons. The number of nitrogens with zero attached hydrogens (tertiary/aromatic N) is 2. The number of anilines is 2. The molecule has 1 aromatic rings. The summed E-state index contributed by atoms with van der Waals surface area (Å²) in [4.78, 5) is 18.9. The predicted octanol–water partition coefficient (Wildman–Crippen LogP) is 1.72. The molecule has 21 heavy (non-hydrogen) atoms. The number of halogens is 3. The first kappa shape index (κ1) is 17.0. The van der Waals surface area contributed by atoms with Crippen LogP contribution in [-0.2, 0) is 11.0 Å². The van der Waals surface area contributed by atoms with E-state index in [-0.39, 0.29) is 24.2 Å². The number of amides is 1. The zero-order valence-electron chi connectivity index (χ0n) is 12.2. The molecule has 0 fully saturated rings. The Bertz CT molecular complexity index is 516. The second-order valence-corrected chi connectivity index (χ2v) is 5.03. The van der Waals surface area contributed by atoms with Gasteiger partial charge in [0.1, 0.15) is 5.82 Å². The molecule has 0 radical (unpaired) electrons. The van der Waals surface area contributed by atoms with Gasteiger partial charge in [-0.05, 0) is 13.8 Å². The maximum atomic E-state index is 12.7. The van der Waals surface area contributed by atoms with Crippen LogP contribution in [0.25, 0.3) is 0 Å². The minimum Gasteiger partial charge on any atom is -0.369 e. The zero-order chi connectivity index (χ0) is 16.3. The molecule has 1 rings (SSSR count). The van der Waals surface area contributed by atoms with Gasteiger partial charge in [-0.25, -0.2) is 4.98 Å². The van der Waals surface area contributed by atoms with Crippen LogP contribution in [-0.4, -0.2) is 36.5 Å². The maximum absolute atomic E-state index is 12.7. The summed E-state index contributed by atoms with van der Waals surface area (Å²) in [5, 5.41) is 7.70. The van der Waals surface area contributed by atoms with Crippen LogP contribution in [0.5, 0.6) is 0 Å². The summed E-state index contributed by atoms with van der Waals surface area (Å²) in [6.07, 6.45) is -4.57. The van der Waals surface area contributed by atoms with Crippen LogP contribution < -0.4 is 16.0 Å². The SMILES string of the molecule is CNC(=O)C(C)(C)CNc1cc(C(F)(F)F)nc(NC)n1. The van der Waals surface area contributed by atoms with Crippen molar-refractivity contribution in [3.8, 4) is 0 Å². The van der Waals surface area contributed by atoms with E-state index in [0.717, 1.165) is 6.07 Å². The molecule has 0 aliphatic heterocycles. The molecule has 0 aliphatic rings. The van der Waals surface area contributed by atoms with Crippen molar-refractivity contribution in [3.63, 3.8) is 0 Å². The molecule has 0 atom stereocenters. The first-order valence-electron chi connectivity index (χ1n) is 6.20. The minimum atomic E-state index is -4.57. The van der Waals surface area contributed by atoms with Gasteiger partial charge in [0, 0.05) is 26.7 Å². The second-order valence-electron chi connectivity index (χ2n) is 5.03. The fourth-order valence-corrected chi connectivity index (χ4v) is 1.53. The van der Waals surface area contributed by atoms with Crippen LogP contribution >= 0.6 is 0 Å². The van der Waals surface area contributed by atoms with E-state index in [1.807, 2.05) is 0 Å². The van der Waals surface area contributed by atoms with Crippen molar-refractivity contribution in [2.24, 2.45) is 5.41 Å². The van der Waals surface area contributed by atoms with Gasteiger partial charge in [-0.2, -0.15) is 18.2 Å². The van der Waals surface area contributed by atoms with Crippen molar-refractivity contribution in [1.82, 2.24) is 15.3 Å². The van der Waals surface area contributed by atoms with Gasteiger partial charge in [0.2, 0.25) is 11.9 Å². The van der Waals surface area contributed by atoms with Crippen LogP contribution in [0.15, 0.2) is 6.07 Å². The lowest BCUT2D eigenvalue weighted by molar-refractivity contribution is -0.141. The standard InChI is InChI=1S/C12H18F3N5O/c1-11(2,9(21)16-3)6-18-8-5-7(12(13,14)15)19-10(17-4)20-8/h5H,6H2,1-4H3,(H,16,21)(H2,17,18,19,20). The van der Waals surface area contributed by atoms with Gasteiger partial charge in [-0.3, -0.25) is 4.79 Å². The van der Waals surface area contributed by atoms with Crippen LogP contribution in [0.1, 0.15) is 19.5 Å². The fourth-order valence-electron chi connectivity index (χ4n) is 1.53. The number of hydrogen-bond acceptors (Lipinski definition) is 5. The molecule has 0 unspecified atom stereocenters. The van der Waals surface area contributed by atoms with E-state index in [0.29, 0.717) is 0 Å². The van der Waals surface area contributed by atoms with Crippen LogP contribution in [0, 0.1) is 5.41 Å². The molecular weight excluding hydrogens is 287 g/mol. The minimum absolute atomic E-state index is 0.00125. The van der Waals surface area contributed by atoms with E-state index in [1.165, 1.54) is 14.1 Å². The van der Waals surface area contributed by atoms with Crippen molar-refractivity contribution >= 4 is 17.7 Å². The van der Waals surface area contributed by atoms with Gasteiger partial charge in [-0.15, -0.1) is 0 Å². The molecule has 0 saturated carbocycles. The van der Waals surface area contributed by atoms with Crippen LogP contribution in [0.4, 0.5) is 24.9 Å². The van der Waals surface area contributed by atoms with E-state index in [9.17, 15) is 18.0 Å². The lowest BCUT2D eigenvalue weighted by Gasteiger charge is -2.23. The number of hydrogen-bond donors (Lipinski definition) is 3. The highest BCUT2D eigenvalue weighted by atomic mass is 19.4. The molecule has 1 amide bonds. The molecule has 9 heteroatoms. The van der Waals surface area contributed by atoms with Crippen LogP contribution in [0.2, 0.25) is 0 Å². The fraction of sp³-hybridized carbons (Fsp3) is 0.583. The van der Waals surface area contributed by atoms with Crippen molar-refractivity contribution in [3.05, 3.63) is 11.8 Å². The number of carbonyl (C=O) groups excluding carboxylic acids is 1. The van der Waals surface area contributed by atoms with Gasteiger partial charge in [-0.1, -0.05) is 0 Å². The third-order valence-corrected chi connectivity index (χ3v) is 2.79. The Balaban J connectivity index is 2.96. The second kappa shape index (κ2) is 6.15. The first-order chi connectivity index (χ1) is 9.60. The van der Waals surface area contributed by atoms with E-state index < -0.39 is 17.3 Å². The molecule has 0 aliphatic carbocycles. The first-order valence-corrected chi connectivity index (χ1v) is 6.20. The number of carbonyl (C=O) groups is 1. The molecule has 0 saturated heterocycles. The summed E-state index contributed by atoms with van der Waals surface area (Å²) < 4.78 is 38.2. The summed E-state index contributed by atoms with van der Waals surface area (Å²) in [7, 11) is 2.92. The average Bonchev–Trinajstić information content (AvgIpc) is 2.42. The zero-order valence-corrected chi connectivity index (χ0v) is 12.2. The topological polar surface area (TPSA) is 78.9 Å². The van der Waals surface area contributed by atoms with Crippen molar-refractivity contribution in [2.45, 2.75) is 20.0 Å². The smallest absolute Gasteiger partial charge is 0.369 e. The lowest BCUT2D eigenvalue weighted by Crippen LogP contribution is -2.39. The largest absolute Gasteiger partial charge is 0.433 e. The monoisotopic (exact) mass is 305 g/mol. The summed E-state index contributed by atoms with van der Waals surface area (Å²) in [5.41, 5.74) is -1.85. The Morgan fingerprint density at radius 3 is 2.33 bits per heavy atom. The highest BCUT2D eigenvalue weighted by molar-refractivity contribution is 5.82. The molecule has 3 N–H and O–H groups in total. The molecular formula is C12H18F3N5O. The highest BCUT2D eigenvalue weighted by Crippen LogP contribution is 2.29. The summed E-state index contributed by atoms with van der Waals surface area (Å²) in [6.45, 7) is 3.47. The van der Waals surface area contributed by atoms with E-state index in [1.54, 1.807) is 13.8 Å². The summed E-state index contributed by atoms with van der Waals surface area (Å²) >= 11 is 0. The quantitative estimate of drug-likeness (QED) is 0.772. The van der Waals surface area contributed by atoms with Gasteiger partial charge >= 0.3 is 6.18 Å². The van der Waals surface area contributed by atoms with Gasteiger partial charge in [0.25, 0.3) is 0 Å². The van der Waals surface area contributed by atoms with E-state index in [4.69, 9.17) is 0 Å². The molecule has 1 heterocycles. The Morgan fingerprint density at radius 1 is 1.24 bits per heavy atom.